The summed E-state index contributed by atoms with van der Waals surface area (Å²) < 4.78 is 4.47. The van der Waals surface area contributed by atoms with Gasteiger partial charge in [0.15, 0.2) is 5.60 Å². The molecule has 1 amide bonds. The highest BCUT2D eigenvalue weighted by molar-refractivity contribution is 5.80. The fourth-order valence-corrected chi connectivity index (χ4v) is 1.55. The molecule has 1 rings (SSSR count). The van der Waals surface area contributed by atoms with Crippen molar-refractivity contribution in [3.8, 4) is 0 Å². The Balaban J connectivity index is 2.52. The van der Waals surface area contributed by atoms with Crippen LogP contribution in [-0.2, 0) is 14.3 Å². The predicted octanol–water partition coefficient (Wildman–Crippen LogP) is -1.66. The first-order chi connectivity index (χ1) is 6.95. The zero-order chi connectivity index (χ0) is 11.5. The third-order valence-corrected chi connectivity index (χ3v) is 2.27. The van der Waals surface area contributed by atoms with Crippen molar-refractivity contribution in [2.75, 3.05) is 33.3 Å². The van der Waals surface area contributed by atoms with Crippen LogP contribution in [0.5, 0.6) is 0 Å². The largest absolute Gasteiger partial charge is 0.467 e. The number of carbonyl (C=O) groups excluding carboxylic acids is 2. The van der Waals surface area contributed by atoms with Crippen LogP contribution in [-0.4, -0.2) is 60.8 Å². The number of aliphatic hydroxyl groups is 1. The van der Waals surface area contributed by atoms with Crippen LogP contribution < -0.4 is 5.32 Å². The Hall–Kier alpha value is -1.14. The van der Waals surface area contributed by atoms with E-state index in [0.717, 1.165) is 0 Å². The maximum absolute atomic E-state index is 11.2. The van der Waals surface area contributed by atoms with Gasteiger partial charge in [-0.3, -0.25) is 9.69 Å². The zero-order valence-corrected chi connectivity index (χ0v) is 8.95. The van der Waals surface area contributed by atoms with Crippen molar-refractivity contribution in [2.24, 2.45) is 0 Å². The molecule has 1 fully saturated rings. The standard InChI is InChI=1S/C9H16N2O4/c1-9(14,8(13)15-2)6-11-4-3-10-7(12)5-11/h14H,3-6H2,1-2H3,(H,10,12). The second-order valence-electron chi connectivity index (χ2n) is 3.83. The normalized spacial score (nSPS) is 21.7. The molecule has 0 aromatic heterocycles. The highest BCUT2D eigenvalue weighted by Gasteiger charge is 2.34. The van der Waals surface area contributed by atoms with Gasteiger partial charge in [0.1, 0.15) is 0 Å². The maximum Gasteiger partial charge on any atom is 0.338 e. The fraction of sp³-hybridized carbons (Fsp3) is 0.778. The highest BCUT2D eigenvalue weighted by atomic mass is 16.5. The van der Waals surface area contributed by atoms with E-state index in [0.29, 0.717) is 13.1 Å². The van der Waals surface area contributed by atoms with E-state index in [2.05, 4.69) is 10.1 Å². The molecule has 2 N–H and O–H groups in total. The molecular weight excluding hydrogens is 200 g/mol. The van der Waals surface area contributed by atoms with Crippen LogP contribution in [0.4, 0.5) is 0 Å². The molecule has 1 atom stereocenters. The summed E-state index contributed by atoms with van der Waals surface area (Å²) in [6.07, 6.45) is 0. The van der Waals surface area contributed by atoms with Crippen molar-refractivity contribution in [1.82, 2.24) is 10.2 Å². The Morgan fingerprint density at radius 2 is 2.40 bits per heavy atom. The molecule has 6 nitrogen and oxygen atoms in total. The van der Waals surface area contributed by atoms with Crippen LogP contribution in [0.3, 0.4) is 0 Å². The number of hydrogen-bond acceptors (Lipinski definition) is 5. The van der Waals surface area contributed by atoms with Gasteiger partial charge in [0.05, 0.1) is 13.7 Å². The molecular formula is C9H16N2O4. The minimum Gasteiger partial charge on any atom is -0.467 e. The van der Waals surface area contributed by atoms with Gasteiger partial charge in [-0.05, 0) is 6.92 Å². The summed E-state index contributed by atoms with van der Waals surface area (Å²) in [5.74, 6) is -0.782. The third-order valence-electron chi connectivity index (χ3n) is 2.27. The predicted molar refractivity (Wildman–Crippen MR) is 52.1 cm³/mol. The van der Waals surface area contributed by atoms with Crippen LogP contribution >= 0.6 is 0 Å². The number of amides is 1. The number of hydrogen-bond donors (Lipinski definition) is 2. The first kappa shape index (κ1) is 11.9. The van der Waals surface area contributed by atoms with E-state index in [9.17, 15) is 14.7 Å². The molecule has 0 bridgehead atoms. The van der Waals surface area contributed by atoms with Gasteiger partial charge in [-0.2, -0.15) is 0 Å². The topological polar surface area (TPSA) is 78.9 Å². The number of carbonyl (C=O) groups is 2. The van der Waals surface area contributed by atoms with Crippen LogP contribution in [0, 0.1) is 0 Å². The van der Waals surface area contributed by atoms with E-state index in [4.69, 9.17) is 0 Å². The number of rotatable bonds is 3. The summed E-state index contributed by atoms with van der Waals surface area (Å²) >= 11 is 0. The zero-order valence-electron chi connectivity index (χ0n) is 8.95. The average molecular weight is 216 g/mol. The van der Waals surface area contributed by atoms with E-state index >= 15 is 0 Å². The van der Waals surface area contributed by atoms with Gasteiger partial charge in [-0.25, -0.2) is 4.79 Å². The second kappa shape index (κ2) is 4.59. The summed E-state index contributed by atoms with van der Waals surface area (Å²) in [6, 6.07) is 0. The number of nitrogens with zero attached hydrogens (tertiary/aromatic N) is 1. The molecule has 1 unspecified atom stereocenters. The molecule has 1 aliphatic rings. The van der Waals surface area contributed by atoms with Gasteiger partial charge in [-0.1, -0.05) is 0 Å². The third kappa shape index (κ3) is 3.17. The van der Waals surface area contributed by atoms with Crippen LogP contribution in [0.25, 0.3) is 0 Å². The molecule has 1 saturated heterocycles. The number of methoxy groups -OCH3 is 1. The lowest BCUT2D eigenvalue weighted by molar-refractivity contribution is -0.163. The first-order valence-electron chi connectivity index (χ1n) is 4.75. The van der Waals surface area contributed by atoms with Crippen molar-refractivity contribution in [3.63, 3.8) is 0 Å². The highest BCUT2D eigenvalue weighted by Crippen LogP contribution is 2.09. The van der Waals surface area contributed by atoms with Crippen molar-refractivity contribution in [3.05, 3.63) is 0 Å². The first-order valence-corrected chi connectivity index (χ1v) is 4.75. The number of ether oxygens (including phenoxy) is 1. The summed E-state index contributed by atoms with van der Waals surface area (Å²) in [7, 11) is 1.22. The van der Waals surface area contributed by atoms with E-state index in [1.807, 2.05) is 0 Å². The average Bonchev–Trinajstić information content (AvgIpc) is 2.15. The Labute approximate surface area is 88.2 Å². The van der Waals surface area contributed by atoms with Gasteiger partial charge in [0.2, 0.25) is 5.91 Å². The molecule has 0 aliphatic carbocycles. The molecule has 0 aromatic rings. The van der Waals surface area contributed by atoms with Crippen LogP contribution in [0.15, 0.2) is 0 Å². The molecule has 15 heavy (non-hydrogen) atoms. The lowest BCUT2D eigenvalue weighted by atomic mass is 10.1. The van der Waals surface area contributed by atoms with Crippen molar-refractivity contribution in [1.29, 1.82) is 0 Å². The number of nitrogens with one attached hydrogen (secondary N) is 1. The monoisotopic (exact) mass is 216 g/mol. The minimum absolute atomic E-state index is 0.0954. The Morgan fingerprint density at radius 3 is 2.93 bits per heavy atom. The smallest absolute Gasteiger partial charge is 0.338 e. The van der Waals surface area contributed by atoms with Gasteiger partial charge >= 0.3 is 5.97 Å². The Bertz CT molecular complexity index is 265. The Morgan fingerprint density at radius 1 is 1.73 bits per heavy atom. The molecule has 0 spiro atoms. The molecule has 0 saturated carbocycles. The molecule has 6 heteroatoms. The summed E-state index contributed by atoms with van der Waals surface area (Å²) in [6.45, 7) is 2.85. The Kier molecular flexibility index (Phi) is 3.65. The van der Waals surface area contributed by atoms with E-state index in [1.165, 1.54) is 14.0 Å². The SMILES string of the molecule is COC(=O)C(C)(O)CN1CCNC(=O)C1. The molecule has 1 heterocycles. The number of piperazine rings is 1. The van der Waals surface area contributed by atoms with Crippen LogP contribution in [0.1, 0.15) is 6.92 Å². The van der Waals surface area contributed by atoms with Gasteiger partial charge in [-0.15, -0.1) is 0 Å². The lowest BCUT2D eigenvalue weighted by Crippen LogP contribution is -2.54. The van der Waals surface area contributed by atoms with Crippen molar-refractivity contribution < 1.29 is 19.4 Å². The molecule has 86 valence electrons. The molecule has 0 radical (unpaired) electrons. The number of β-amino-alcohol motifs (C(OH)–C–C–N with tert-alkyl or cyclic N) is 1. The summed E-state index contributed by atoms with van der Waals surface area (Å²) in [4.78, 5) is 24.0. The van der Waals surface area contributed by atoms with E-state index in [-0.39, 0.29) is 19.0 Å². The van der Waals surface area contributed by atoms with Crippen molar-refractivity contribution in [2.45, 2.75) is 12.5 Å². The maximum atomic E-state index is 11.2. The summed E-state index contributed by atoms with van der Waals surface area (Å²) in [5.41, 5.74) is -1.56. The van der Waals surface area contributed by atoms with Gasteiger partial charge < -0.3 is 15.2 Å². The fourth-order valence-electron chi connectivity index (χ4n) is 1.55. The quantitative estimate of drug-likeness (QED) is 0.552. The molecule has 0 aromatic carbocycles. The van der Waals surface area contributed by atoms with E-state index < -0.39 is 11.6 Å². The second-order valence-corrected chi connectivity index (χ2v) is 3.83. The van der Waals surface area contributed by atoms with Crippen LogP contribution in [0.2, 0.25) is 0 Å². The number of esters is 1. The van der Waals surface area contributed by atoms with Gasteiger partial charge in [0.25, 0.3) is 0 Å². The van der Waals surface area contributed by atoms with Gasteiger partial charge in [0, 0.05) is 19.6 Å². The van der Waals surface area contributed by atoms with E-state index in [1.54, 1.807) is 4.90 Å². The molecule has 1 aliphatic heterocycles. The minimum atomic E-state index is -1.56. The summed E-state index contributed by atoms with van der Waals surface area (Å²) in [5, 5.41) is 12.4. The lowest BCUT2D eigenvalue weighted by Gasteiger charge is -2.31. The van der Waals surface area contributed by atoms with Crippen molar-refractivity contribution >= 4 is 11.9 Å².